The number of nitrogens with one attached hydrogen (secondary N) is 3. The zero-order chi connectivity index (χ0) is 15.4. The maximum absolute atomic E-state index is 13.1. The van der Waals surface area contributed by atoms with E-state index in [1.807, 2.05) is 5.01 Å². The Hall–Kier alpha value is -2.15. The van der Waals surface area contributed by atoms with Crippen molar-refractivity contribution in [3.63, 3.8) is 0 Å². The lowest BCUT2D eigenvalue weighted by molar-refractivity contribution is 0.236. The number of halogens is 1. The molecule has 0 aromatic carbocycles. The molecule has 1 saturated heterocycles. The van der Waals surface area contributed by atoms with Crippen molar-refractivity contribution in [3.05, 3.63) is 35.7 Å². The monoisotopic (exact) mass is 305 g/mol. The zero-order valence-corrected chi connectivity index (χ0v) is 12.3. The smallest absolute Gasteiger partial charge is 0.315 e. The normalized spacial score (nSPS) is 23.4. The summed E-state index contributed by atoms with van der Waals surface area (Å²) in [5.74, 6) is 0.670. The molecular weight excluding hydrogens is 285 g/mol. The molecule has 0 aromatic heterocycles. The molecular formula is C15H20FN5O. The summed E-state index contributed by atoms with van der Waals surface area (Å²) < 4.78 is 13.1. The van der Waals surface area contributed by atoms with Crippen LogP contribution in [-0.2, 0) is 0 Å². The average molecular weight is 305 g/mol. The second-order valence-electron chi connectivity index (χ2n) is 5.41. The Morgan fingerprint density at radius 3 is 3.32 bits per heavy atom. The quantitative estimate of drug-likeness (QED) is 0.726. The molecule has 6 nitrogen and oxygen atoms in total. The van der Waals surface area contributed by atoms with Gasteiger partial charge in [-0.2, -0.15) is 0 Å². The fourth-order valence-electron chi connectivity index (χ4n) is 2.70. The number of carbonyl (C=O) groups excluding carboxylic acids is 1. The first-order valence-electron chi connectivity index (χ1n) is 7.55. The first kappa shape index (κ1) is 14.8. The molecule has 0 aromatic rings. The van der Waals surface area contributed by atoms with Gasteiger partial charge in [0.1, 0.15) is 11.7 Å². The van der Waals surface area contributed by atoms with Gasteiger partial charge >= 0.3 is 6.03 Å². The van der Waals surface area contributed by atoms with E-state index in [-0.39, 0.29) is 17.9 Å². The Bertz CT molecular complexity index is 566. The van der Waals surface area contributed by atoms with Gasteiger partial charge in [0.15, 0.2) is 0 Å². The van der Waals surface area contributed by atoms with Crippen LogP contribution in [0.1, 0.15) is 12.8 Å². The molecule has 3 N–H and O–H groups in total. The van der Waals surface area contributed by atoms with E-state index in [9.17, 15) is 9.18 Å². The molecule has 1 atom stereocenters. The Kier molecular flexibility index (Phi) is 4.53. The molecule has 2 heterocycles. The van der Waals surface area contributed by atoms with E-state index in [0.717, 1.165) is 25.3 Å². The maximum atomic E-state index is 13.1. The molecule has 0 bridgehead atoms. The van der Waals surface area contributed by atoms with Crippen LogP contribution < -0.4 is 16.1 Å². The Balaban J connectivity index is 1.40. The molecule has 3 rings (SSSR count). The number of hydrogen-bond acceptors (Lipinski definition) is 4. The lowest BCUT2D eigenvalue weighted by Gasteiger charge is -2.21. The van der Waals surface area contributed by atoms with Gasteiger partial charge in [0.2, 0.25) is 0 Å². The SMILES string of the molecule is O=C(NCCN1NCC2=CCCN=C21)NC1C=C(F)C=CC1. The molecule has 2 aliphatic heterocycles. The van der Waals surface area contributed by atoms with Crippen molar-refractivity contribution in [2.75, 3.05) is 26.2 Å². The van der Waals surface area contributed by atoms with Gasteiger partial charge in [-0.1, -0.05) is 12.2 Å². The summed E-state index contributed by atoms with van der Waals surface area (Å²) in [5, 5.41) is 7.48. The van der Waals surface area contributed by atoms with E-state index < -0.39 is 0 Å². The molecule has 1 aliphatic carbocycles. The number of allylic oxidation sites excluding steroid dienone is 2. The van der Waals surface area contributed by atoms with E-state index in [0.29, 0.717) is 19.5 Å². The number of carbonyl (C=O) groups is 1. The minimum absolute atomic E-state index is 0.285. The van der Waals surface area contributed by atoms with E-state index in [4.69, 9.17) is 0 Å². The topological polar surface area (TPSA) is 68.8 Å². The number of hydrazine groups is 1. The second-order valence-corrected chi connectivity index (χ2v) is 5.41. The fourth-order valence-corrected chi connectivity index (χ4v) is 2.70. The van der Waals surface area contributed by atoms with E-state index in [2.05, 4.69) is 27.1 Å². The number of urea groups is 1. The first-order valence-corrected chi connectivity index (χ1v) is 7.55. The van der Waals surface area contributed by atoms with E-state index in [1.54, 1.807) is 6.08 Å². The number of nitrogens with zero attached hydrogens (tertiary/aromatic N) is 2. The highest BCUT2D eigenvalue weighted by molar-refractivity contribution is 6.00. The zero-order valence-electron chi connectivity index (χ0n) is 12.3. The molecule has 0 radical (unpaired) electrons. The van der Waals surface area contributed by atoms with Crippen LogP contribution in [0, 0.1) is 0 Å². The summed E-state index contributed by atoms with van der Waals surface area (Å²) in [6.07, 6.45) is 8.34. The summed E-state index contributed by atoms with van der Waals surface area (Å²) in [6, 6.07) is -0.572. The van der Waals surface area contributed by atoms with Crippen LogP contribution in [0.25, 0.3) is 0 Å². The van der Waals surface area contributed by atoms with Crippen LogP contribution in [0.3, 0.4) is 0 Å². The third-order valence-corrected chi connectivity index (χ3v) is 3.75. The lowest BCUT2D eigenvalue weighted by Crippen LogP contribution is -2.46. The molecule has 1 unspecified atom stereocenters. The van der Waals surface area contributed by atoms with Crippen LogP contribution in [0.5, 0.6) is 0 Å². The maximum Gasteiger partial charge on any atom is 0.315 e. The van der Waals surface area contributed by atoms with Crippen molar-refractivity contribution in [1.29, 1.82) is 0 Å². The van der Waals surface area contributed by atoms with Crippen LogP contribution in [0.15, 0.2) is 40.7 Å². The molecule has 7 heteroatoms. The van der Waals surface area contributed by atoms with Crippen LogP contribution in [0.4, 0.5) is 9.18 Å². The predicted molar refractivity (Wildman–Crippen MR) is 83.0 cm³/mol. The number of fused-ring (bicyclic) bond motifs is 1. The van der Waals surface area contributed by atoms with Crippen molar-refractivity contribution in [2.45, 2.75) is 18.9 Å². The van der Waals surface area contributed by atoms with Gasteiger partial charge < -0.3 is 10.6 Å². The van der Waals surface area contributed by atoms with Gasteiger partial charge in [0.25, 0.3) is 0 Å². The second kappa shape index (κ2) is 6.74. The molecule has 0 saturated carbocycles. The Morgan fingerprint density at radius 1 is 1.55 bits per heavy atom. The van der Waals surface area contributed by atoms with E-state index >= 15 is 0 Å². The Labute approximate surface area is 128 Å². The highest BCUT2D eigenvalue weighted by Crippen LogP contribution is 2.14. The lowest BCUT2D eigenvalue weighted by atomic mass is 10.1. The number of aliphatic imine (C=N–C) groups is 1. The number of amides is 2. The van der Waals surface area contributed by atoms with Crippen molar-refractivity contribution >= 4 is 11.9 Å². The van der Waals surface area contributed by atoms with Crippen molar-refractivity contribution in [1.82, 2.24) is 21.1 Å². The summed E-state index contributed by atoms with van der Waals surface area (Å²) in [5.41, 5.74) is 4.48. The van der Waals surface area contributed by atoms with Crippen LogP contribution in [0.2, 0.25) is 0 Å². The number of rotatable bonds is 4. The summed E-state index contributed by atoms with van der Waals surface area (Å²) in [6.45, 7) is 2.74. The molecule has 3 aliphatic rings. The minimum atomic E-state index is -0.313. The fraction of sp³-hybridized carbons (Fsp3) is 0.467. The molecule has 22 heavy (non-hydrogen) atoms. The highest BCUT2D eigenvalue weighted by Gasteiger charge is 2.24. The molecule has 118 valence electrons. The summed E-state index contributed by atoms with van der Waals surface area (Å²) >= 11 is 0. The summed E-state index contributed by atoms with van der Waals surface area (Å²) in [7, 11) is 0. The molecule has 1 fully saturated rings. The van der Waals surface area contributed by atoms with Gasteiger partial charge in [-0.15, -0.1) is 0 Å². The van der Waals surface area contributed by atoms with Crippen LogP contribution in [-0.4, -0.2) is 49.1 Å². The van der Waals surface area contributed by atoms with Gasteiger partial charge in [-0.3, -0.25) is 10.0 Å². The van der Waals surface area contributed by atoms with Crippen molar-refractivity contribution in [3.8, 4) is 0 Å². The largest absolute Gasteiger partial charge is 0.336 e. The van der Waals surface area contributed by atoms with Gasteiger partial charge in [-0.25, -0.2) is 14.6 Å². The highest BCUT2D eigenvalue weighted by atomic mass is 19.1. The Morgan fingerprint density at radius 2 is 2.45 bits per heavy atom. The molecule has 0 spiro atoms. The summed E-state index contributed by atoms with van der Waals surface area (Å²) in [4.78, 5) is 16.3. The van der Waals surface area contributed by atoms with Gasteiger partial charge in [0, 0.05) is 25.2 Å². The van der Waals surface area contributed by atoms with Crippen LogP contribution >= 0.6 is 0 Å². The average Bonchev–Trinajstić information content (AvgIpc) is 2.91. The minimum Gasteiger partial charge on any atom is -0.336 e. The standard InChI is InChI=1S/C15H20FN5O/c16-12-4-1-5-13(9-12)20-15(22)18-7-8-21-14-11(10-19-21)3-2-6-17-14/h1,3-4,9,13,19H,2,5-8,10H2,(H2,18,20,22). The van der Waals surface area contributed by atoms with E-state index in [1.165, 1.54) is 17.7 Å². The van der Waals surface area contributed by atoms with Crippen molar-refractivity contribution < 1.29 is 9.18 Å². The van der Waals surface area contributed by atoms with Gasteiger partial charge in [-0.05, 0) is 25.0 Å². The van der Waals surface area contributed by atoms with Crippen molar-refractivity contribution in [2.24, 2.45) is 4.99 Å². The number of dihydropyridines is 1. The predicted octanol–water partition coefficient (Wildman–Crippen LogP) is 1.02. The third-order valence-electron chi connectivity index (χ3n) is 3.75. The number of hydrogen-bond donors (Lipinski definition) is 3. The third kappa shape index (κ3) is 3.54. The van der Waals surface area contributed by atoms with Gasteiger partial charge in [0.05, 0.1) is 12.6 Å². The first-order chi connectivity index (χ1) is 10.7. The molecule has 2 amide bonds. The number of amidine groups is 1.